The van der Waals surface area contributed by atoms with Crippen LogP contribution in [0.1, 0.15) is 69.3 Å². The quantitative estimate of drug-likeness (QED) is 0.233. The highest BCUT2D eigenvalue weighted by Crippen LogP contribution is 2.42. The van der Waals surface area contributed by atoms with E-state index in [0.717, 1.165) is 16.7 Å². The number of carbonyl (C=O) groups is 2. The van der Waals surface area contributed by atoms with Gasteiger partial charge in [0.15, 0.2) is 0 Å². The number of carbonyl (C=O) groups excluding carboxylic acids is 2. The van der Waals surface area contributed by atoms with Gasteiger partial charge in [-0.3, -0.25) is 9.59 Å². The minimum absolute atomic E-state index is 0.0785. The number of aliphatic hydroxyl groups is 1. The van der Waals surface area contributed by atoms with Crippen LogP contribution in [0.2, 0.25) is 0 Å². The van der Waals surface area contributed by atoms with Gasteiger partial charge < -0.3 is 19.5 Å². The summed E-state index contributed by atoms with van der Waals surface area (Å²) in [5.41, 5.74) is 3.06. The minimum Gasteiger partial charge on any atom is -0.507 e. The first kappa shape index (κ1) is 26.5. The number of aliphatic hydroxyl groups excluding tert-OH is 1. The summed E-state index contributed by atoms with van der Waals surface area (Å²) >= 11 is 0. The smallest absolute Gasteiger partial charge is 0.295 e. The normalized spacial score (nSPS) is 17.9. The van der Waals surface area contributed by atoms with Crippen LogP contribution >= 0.6 is 0 Å². The van der Waals surface area contributed by atoms with Gasteiger partial charge in [0, 0.05) is 13.2 Å². The average Bonchev–Trinajstić information content (AvgIpc) is 3.05. The molecule has 0 saturated carbocycles. The molecule has 1 heterocycles. The maximum Gasteiger partial charge on any atom is 0.295 e. The second-order valence-electron chi connectivity index (χ2n) is 10.3. The summed E-state index contributed by atoms with van der Waals surface area (Å²) in [6, 6.07) is 12.6. The second-order valence-corrected chi connectivity index (χ2v) is 10.3. The molecule has 0 aliphatic carbocycles. The molecule has 0 spiro atoms. The van der Waals surface area contributed by atoms with Crippen LogP contribution in [-0.4, -0.2) is 48.1 Å². The molecule has 1 fully saturated rings. The van der Waals surface area contributed by atoms with Crippen molar-refractivity contribution in [2.75, 3.05) is 20.3 Å². The van der Waals surface area contributed by atoms with Crippen LogP contribution in [-0.2, 0) is 19.7 Å². The zero-order valence-corrected chi connectivity index (χ0v) is 21.8. The molecule has 1 unspecified atom stereocenters. The molecule has 0 aromatic heterocycles. The van der Waals surface area contributed by atoms with Gasteiger partial charge >= 0.3 is 0 Å². The van der Waals surface area contributed by atoms with Crippen molar-refractivity contribution in [2.24, 2.45) is 0 Å². The van der Waals surface area contributed by atoms with E-state index in [1.165, 1.54) is 7.11 Å². The van der Waals surface area contributed by atoms with E-state index < -0.39 is 17.7 Å². The fraction of sp³-hybridized carbons (Fsp3) is 0.448. The van der Waals surface area contributed by atoms with Crippen LogP contribution in [0.25, 0.3) is 5.76 Å². The number of aryl methyl sites for hydroxylation is 1. The van der Waals surface area contributed by atoms with E-state index in [-0.39, 0.29) is 22.9 Å². The summed E-state index contributed by atoms with van der Waals surface area (Å²) in [4.78, 5) is 28.1. The van der Waals surface area contributed by atoms with E-state index in [2.05, 4.69) is 20.8 Å². The Kier molecular flexibility index (Phi) is 8.06. The Labute approximate surface area is 208 Å². The molecule has 188 valence electrons. The highest BCUT2D eigenvalue weighted by molar-refractivity contribution is 6.46. The third-order valence-electron chi connectivity index (χ3n) is 6.21. The highest BCUT2D eigenvalue weighted by atomic mass is 16.5. The molecule has 6 nitrogen and oxygen atoms in total. The lowest BCUT2D eigenvalue weighted by Crippen LogP contribution is -2.31. The van der Waals surface area contributed by atoms with E-state index in [1.807, 2.05) is 57.2 Å². The topological polar surface area (TPSA) is 76.1 Å². The minimum atomic E-state index is -0.697. The monoisotopic (exact) mass is 479 g/mol. The maximum atomic E-state index is 13.3. The van der Waals surface area contributed by atoms with Gasteiger partial charge in [-0.1, -0.05) is 56.7 Å². The molecule has 1 aliphatic rings. The fourth-order valence-electron chi connectivity index (χ4n) is 4.36. The van der Waals surface area contributed by atoms with Crippen LogP contribution in [0.3, 0.4) is 0 Å². The number of likely N-dealkylation sites (tertiary alicyclic amines) is 1. The number of Topliss-reactive ketones (excluding diaryl/α,β-unsaturated/α-hetero) is 1. The second kappa shape index (κ2) is 10.6. The molecule has 1 N–H and O–H groups in total. The molecule has 35 heavy (non-hydrogen) atoms. The average molecular weight is 480 g/mol. The molecule has 1 amide bonds. The van der Waals surface area contributed by atoms with E-state index in [9.17, 15) is 14.7 Å². The lowest BCUT2D eigenvalue weighted by atomic mass is 9.85. The number of rotatable bonds is 8. The largest absolute Gasteiger partial charge is 0.507 e. The first-order valence-corrected chi connectivity index (χ1v) is 12.1. The van der Waals surface area contributed by atoms with E-state index in [4.69, 9.17) is 9.47 Å². The van der Waals surface area contributed by atoms with Gasteiger partial charge in [-0.05, 0) is 55.9 Å². The van der Waals surface area contributed by atoms with Gasteiger partial charge in [-0.15, -0.1) is 0 Å². The van der Waals surface area contributed by atoms with Gasteiger partial charge in [0.2, 0.25) is 0 Å². The molecular formula is C29H37NO5. The third kappa shape index (κ3) is 5.76. The molecule has 2 aromatic rings. The van der Waals surface area contributed by atoms with Crippen LogP contribution in [0.15, 0.2) is 48.0 Å². The van der Waals surface area contributed by atoms with Crippen LogP contribution in [0.5, 0.6) is 5.75 Å². The van der Waals surface area contributed by atoms with Gasteiger partial charge in [0.25, 0.3) is 11.7 Å². The molecule has 2 aromatic carbocycles. The van der Waals surface area contributed by atoms with E-state index in [1.54, 1.807) is 11.0 Å². The van der Waals surface area contributed by atoms with Gasteiger partial charge in [-0.2, -0.15) is 0 Å². The number of methoxy groups -OCH3 is 1. The maximum absolute atomic E-state index is 13.3. The molecule has 1 atom stereocenters. The zero-order valence-electron chi connectivity index (χ0n) is 21.8. The first-order chi connectivity index (χ1) is 16.5. The number of hydrogen-bond donors (Lipinski definition) is 1. The van der Waals surface area contributed by atoms with Crippen molar-refractivity contribution in [3.05, 3.63) is 70.3 Å². The Bertz CT molecular complexity index is 1130. The number of benzene rings is 2. The Morgan fingerprint density at radius 2 is 1.83 bits per heavy atom. The van der Waals surface area contributed by atoms with Crippen LogP contribution in [0.4, 0.5) is 0 Å². The number of ether oxygens (including phenoxy) is 2. The van der Waals surface area contributed by atoms with Crippen molar-refractivity contribution in [2.45, 2.75) is 65.5 Å². The van der Waals surface area contributed by atoms with Gasteiger partial charge in [0.1, 0.15) is 11.5 Å². The number of nitrogens with zero attached hydrogens (tertiary/aromatic N) is 1. The lowest BCUT2D eigenvalue weighted by molar-refractivity contribution is -0.140. The van der Waals surface area contributed by atoms with E-state index in [0.29, 0.717) is 30.9 Å². The molecular weight excluding hydrogens is 442 g/mol. The number of hydrogen-bond acceptors (Lipinski definition) is 5. The van der Waals surface area contributed by atoms with Crippen molar-refractivity contribution in [1.82, 2.24) is 4.90 Å². The Morgan fingerprint density at radius 3 is 2.43 bits per heavy atom. The Morgan fingerprint density at radius 1 is 1.11 bits per heavy atom. The SMILES string of the molecule is COc1ccc(C(C)(C)C)cc1/C(O)=C1\C(=O)C(=O)N(CCCOC(C)C)C1c1cccc(C)c1. The molecule has 0 bridgehead atoms. The Balaban J connectivity index is 2.16. The van der Waals surface area contributed by atoms with Crippen molar-refractivity contribution >= 4 is 17.4 Å². The standard InChI is InChI=1S/C29H37NO5/c1-18(2)35-15-9-14-30-25(20-11-8-10-19(3)16-20)24(27(32)28(30)33)26(31)22-17-21(29(4,5)6)12-13-23(22)34-7/h8,10-13,16-18,25,31H,9,14-15H2,1-7H3/b26-24+. The summed E-state index contributed by atoms with van der Waals surface area (Å²) < 4.78 is 11.2. The van der Waals surface area contributed by atoms with Crippen molar-refractivity contribution < 1.29 is 24.2 Å². The summed E-state index contributed by atoms with van der Waals surface area (Å²) in [6.07, 6.45) is 0.664. The zero-order chi connectivity index (χ0) is 25.9. The third-order valence-corrected chi connectivity index (χ3v) is 6.21. The predicted molar refractivity (Wildman–Crippen MR) is 138 cm³/mol. The Hall–Kier alpha value is -3.12. The van der Waals surface area contributed by atoms with Gasteiger partial charge in [0.05, 0.1) is 30.4 Å². The summed E-state index contributed by atoms with van der Waals surface area (Å²) in [5.74, 6) is -1.09. The summed E-state index contributed by atoms with van der Waals surface area (Å²) in [7, 11) is 1.52. The van der Waals surface area contributed by atoms with Crippen molar-refractivity contribution in [3.8, 4) is 5.75 Å². The number of amides is 1. The van der Waals surface area contributed by atoms with Crippen LogP contribution < -0.4 is 4.74 Å². The highest BCUT2D eigenvalue weighted by Gasteiger charge is 2.46. The lowest BCUT2D eigenvalue weighted by Gasteiger charge is -2.26. The fourth-order valence-corrected chi connectivity index (χ4v) is 4.36. The van der Waals surface area contributed by atoms with E-state index >= 15 is 0 Å². The molecule has 6 heteroatoms. The van der Waals surface area contributed by atoms with Gasteiger partial charge in [-0.25, -0.2) is 0 Å². The molecule has 1 aliphatic heterocycles. The summed E-state index contributed by atoms with van der Waals surface area (Å²) in [6.45, 7) is 12.9. The van der Waals surface area contributed by atoms with Crippen LogP contribution in [0, 0.1) is 6.92 Å². The molecule has 1 saturated heterocycles. The summed E-state index contributed by atoms with van der Waals surface area (Å²) in [5, 5.41) is 11.5. The first-order valence-electron chi connectivity index (χ1n) is 12.1. The molecule has 0 radical (unpaired) electrons. The van der Waals surface area contributed by atoms with Crippen molar-refractivity contribution in [3.63, 3.8) is 0 Å². The predicted octanol–water partition coefficient (Wildman–Crippen LogP) is 5.54. The molecule has 3 rings (SSSR count). The van der Waals surface area contributed by atoms with Crippen molar-refractivity contribution in [1.29, 1.82) is 0 Å². The number of ketones is 1.